The molecule has 0 saturated heterocycles. The molecule has 0 bridgehead atoms. The van der Waals surface area contributed by atoms with Crippen LogP contribution in [0.4, 0.5) is 11.8 Å². The average molecular weight is 195 g/mol. The zero-order valence-electron chi connectivity index (χ0n) is 9.84. The summed E-state index contributed by atoms with van der Waals surface area (Å²) in [6, 6.07) is 0. The molecule has 0 saturated carbocycles. The van der Waals surface area contributed by atoms with Gasteiger partial charge in [-0.1, -0.05) is 0 Å². The van der Waals surface area contributed by atoms with Crippen molar-refractivity contribution >= 4 is 11.8 Å². The highest BCUT2D eigenvalue weighted by atomic mass is 15.3. The molecule has 4 heteroatoms. The van der Waals surface area contributed by atoms with Crippen LogP contribution in [0.5, 0.6) is 0 Å². The van der Waals surface area contributed by atoms with Crippen molar-refractivity contribution in [3.63, 3.8) is 0 Å². The molecule has 1 heterocycles. The molecule has 1 aromatic heterocycles. The lowest BCUT2D eigenvalue weighted by molar-refractivity contribution is -0.354. The van der Waals surface area contributed by atoms with E-state index >= 15 is 0 Å². The molecule has 0 radical (unpaired) electrons. The summed E-state index contributed by atoms with van der Waals surface area (Å²) in [7, 11) is 8.01. The quantitative estimate of drug-likeness (QED) is 0.694. The first-order valence-electron chi connectivity index (χ1n) is 4.68. The van der Waals surface area contributed by atoms with Gasteiger partial charge in [0.1, 0.15) is 5.69 Å². The fraction of sp³-hybridized carbons (Fsp3) is 0.600. The van der Waals surface area contributed by atoms with E-state index in [1.54, 1.807) is 0 Å². The van der Waals surface area contributed by atoms with E-state index in [2.05, 4.69) is 21.8 Å². The van der Waals surface area contributed by atoms with Crippen molar-refractivity contribution in [1.82, 2.24) is 4.98 Å². The minimum atomic E-state index is 0.886. The number of aromatic amines is 1. The molecule has 0 aliphatic carbocycles. The van der Waals surface area contributed by atoms with Crippen LogP contribution in [-0.4, -0.2) is 33.2 Å². The Morgan fingerprint density at radius 1 is 1.00 bits per heavy atom. The van der Waals surface area contributed by atoms with Crippen molar-refractivity contribution in [2.45, 2.75) is 13.8 Å². The van der Waals surface area contributed by atoms with Gasteiger partial charge in [0, 0.05) is 33.8 Å². The summed E-state index contributed by atoms with van der Waals surface area (Å²) in [5, 5.41) is 0. The van der Waals surface area contributed by atoms with Gasteiger partial charge in [0.15, 0.2) is 0 Å². The first-order valence-corrected chi connectivity index (χ1v) is 4.68. The fourth-order valence-corrected chi connectivity index (χ4v) is 1.30. The average Bonchev–Trinajstić information content (AvgIpc) is 2.08. The lowest BCUT2D eigenvalue weighted by atomic mass is 10.2. The van der Waals surface area contributed by atoms with Crippen molar-refractivity contribution in [2.75, 3.05) is 38.0 Å². The number of H-pyrrole nitrogens is 1. The molecular formula is C10H19N4+. The molecule has 14 heavy (non-hydrogen) atoms. The molecule has 4 nitrogen and oxygen atoms in total. The van der Waals surface area contributed by atoms with Gasteiger partial charge < -0.3 is 4.90 Å². The normalized spacial score (nSPS) is 10.1. The van der Waals surface area contributed by atoms with Crippen LogP contribution in [-0.2, 0) is 0 Å². The predicted molar refractivity (Wildman–Crippen MR) is 58.9 cm³/mol. The van der Waals surface area contributed by atoms with Gasteiger partial charge in [0.05, 0.1) is 0 Å². The van der Waals surface area contributed by atoms with E-state index < -0.39 is 0 Å². The molecule has 0 aliphatic rings. The number of nitrogens with one attached hydrogen (secondary N) is 1. The van der Waals surface area contributed by atoms with Crippen molar-refractivity contribution < 1.29 is 4.98 Å². The number of aromatic nitrogens is 2. The lowest BCUT2D eigenvalue weighted by Gasteiger charge is -2.14. The van der Waals surface area contributed by atoms with Crippen LogP contribution in [0.2, 0.25) is 0 Å². The summed E-state index contributed by atoms with van der Waals surface area (Å²) in [5.41, 5.74) is 2.26. The van der Waals surface area contributed by atoms with Gasteiger partial charge in [-0.3, -0.25) is 4.90 Å². The van der Waals surface area contributed by atoms with Gasteiger partial charge in [-0.25, -0.2) is 4.98 Å². The van der Waals surface area contributed by atoms with Gasteiger partial charge in [-0.15, -0.1) is 4.98 Å². The Balaban J connectivity index is 3.28. The van der Waals surface area contributed by atoms with E-state index in [1.807, 2.05) is 40.0 Å². The van der Waals surface area contributed by atoms with Gasteiger partial charge in [0.2, 0.25) is 5.82 Å². The maximum Gasteiger partial charge on any atom is 0.347 e. The first kappa shape index (κ1) is 10.8. The third kappa shape index (κ3) is 1.95. The summed E-state index contributed by atoms with van der Waals surface area (Å²) in [6.45, 7) is 4.11. The summed E-state index contributed by atoms with van der Waals surface area (Å²) >= 11 is 0. The molecule has 0 amide bonds. The fourth-order valence-electron chi connectivity index (χ4n) is 1.30. The second-order valence-corrected chi connectivity index (χ2v) is 3.91. The molecule has 78 valence electrons. The number of anilines is 2. The maximum atomic E-state index is 4.46. The second-order valence-electron chi connectivity index (χ2n) is 3.91. The highest BCUT2D eigenvalue weighted by Gasteiger charge is 2.15. The zero-order valence-corrected chi connectivity index (χ0v) is 9.84. The highest BCUT2D eigenvalue weighted by Crippen LogP contribution is 2.15. The number of hydrogen-bond donors (Lipinski definition) is 0. The lowest BCUT2D eigenvalue weighted by Crippen LogP contribution is -2.29. The SMILES string of the molecule is Cc1nc(N(C)C)[nH+]c(N(C)C)c1C. The molecule has 0 spiro atoms. The van der Waals surface area contributed by atoms with Crippen LogP contribution in [0.15, 0.2) is 0 Å². The first-order chi connectivity index (χ1) is 6.43. The van der Waals surface area contributed by atoms with Gasteiger partial charge in [-0.2, -0.15) is 0 Å². The molecule has 0 unspecified atom stereocenters. The largest absolute Gasteiger partial charge is 0.347 e. The highest BCUT2D eigenvalue weighted by molar-refractivity contribution is 5.44. The van der Waals surface area contributed by atoms with Gasteiger partial charge in [-0.05, 0) is 13.8 Å². The third-order valence-electron chi connectivity index (χ3n) is 2.27. The summed E-state index contributed by atoms with van der Waals surface area (Å²) < 4.78 is 0. The van der Waals surface area contributed by atoms with Gasteiger partial charge in [0.25, 0.3) is 0 Å². The molecular weight excluding hydrogens is 176 g/mol. The number of hydrogen-bond acceptors (Lipinski definition) is 3. The molecule has 0 atom stereocenters. The second kappa shape index (κ2) is 3.82. The minimum Gasteiger partial charge on any atom is -0.314 e. The molecule has 0 aromatic carbocycles. The zero-order chi connectivity index (χ0) is 10.9. The Kier molecular flexibility index (Phi) is 2.93. The van der Waals surface area contributed by atoms with E-state index in [0.29, 0.717) is 0 Å². The van der Waals surface area contributed by atoms with Crippen LogP contribution < -0.4 is 14.8 Å². The van der Waals surface area contributed by atoms with Crippen LogP contribution in [0, 0.1) is 13.8 Å². The Morgan fingerprint density at radius 2 is 1.57 bits per heavy atom. The van der Waals surface area contributed by atoms with Crippen LogP contribution in [0.25, 0.3) is 0 Å². The molecule has 1 N–H and O–H groups in total. The molecule has 0 fully saturated rings. The Bertz CT molecular complexity index is 331. The van der Waals surface area contributed by atoms with Crippen LogP contribution >= 0.6 is 0 Å². The standard InChI is InChI=1S/C10H18N4/c1-7-8(2)11-10(14(5)6)12-9(7)13(3)4/h1-6H3/p+1. The van der Waals surface area contributed by atoms with Crippen molar-refractivity contribution in [1.29, 1.82) is 0 Å². The van der Waals surface area contributed by atoms with Crippen molar-refractivity contribution in [3.05, 3.63) is 11.3 Å². The topological polar surface area (TPSA) is 33.5 Å². The smallest absolute Gasteiger partial charge is 0.314 e. The molecule has 0 aliphatic heterocycles. The van der Waals surface area contributed by atoms with E-state index in [-0.39, 0.29) is 0 Å². The third-order valence-corrected chi connectivity index (χ3v) is 2.27. The summed E-state index contributed by atoms with van der Waals surface area (Å²) in [6.07, 6.45) is 0. The Morgan fingerprint density at radius 3 is 2.00 bits per heavy atom. The van der Waals surface area contributed by atoms with Crippen molar-refractivity contribution in [2.24, 2.45) is 0 Å². The number of rotatable bonds is 2. The number of nitrogens with zero attached hydrogens (tertiary/aromatic N) is 3. The molecule has 1 aromatic rings. The predicted octanol–water partition coefficient (Wildman–Crippen LogP) is 0.645. The van der Waals surface area contributed by atoms with E-state index in [9.17, 15) is 0 Å². The van der Waals surface area contributed by atoms with Gasteiger partial charge >= 0.3 is 5.95 Å². The summed E-state index contributed by atoms with van der Waals surface area (Å²) in [5.74, 6) is 2.00. The number of aryl methyl sites for hydroxylation is 1. The van der Waals surface area contributed by atoms with E-state index in [1.165, 1.54) is 5.56 Å². The van der Waals surface area contributed by atoms with Crippen molar-refractivity contribution in [3.8, 4) is 0 Å². The van der Waals surface area contributed by atoms with Crippen LogP contribution in [0.3, 0.4) is 0 Å². The van der Waals surface area contributed by atoms with E-state index in [4.69, 9.17) is 0 Å². The summed E-state index contributed by atoms with van der Waals surface area (Å²) in [4.78, 5) is 11.8. The minimum absolute atomic E-state index is 0.886. The Hall–Kier alpha value is -1.32. The maximum absolute atomic E-state index is 4.46. The monoisotopic (exact) mass is 195 g/mol. The Labute approximate surface area is 85.6 Å². The van der Waals surface area contributed by atoms with Crippen LogP contribution in [0.1, 0.15) is 11.3 Å². The van der Waals surface area contributed by atoms with E-state index in [0.717, 1.165) is 17.5 Å². The molecule has 1 rings (SSSR count).